The van der Waals surface area contributed by atoms with E-state index in [2.05, 4.69) is 6.07 Å². The Balaban J connectivity index is 1.58. The Kier molecular flexibility index (Phi) is 5.80. The number of hydrogen-bond donors (Lipinski definition) is 0. The Morgan fingerprint density at radius 1 is 1.08 bits per heavy atom. The zero-order chi connectivity index (χ0) is 18.4. The van der Waals surface area contributed by atoms with Gasteiger partial charge in [-0.05, 0) is 49.1 Å². The molecule has 0 aromatic heterocycles. The molecular formula is C22H22N2O2. The fourth-order valence-corrected chi connectivity index (χ4v) is 3.41. The SMILES string of the molecule is N#Cc1ccc(C(=O)N2CCCC(C(=O)CCc3ccccc3)C2)cc1. The number of ketones is 1. The minimum absolute atomic E-state index is 0.0601. The third kappa shape index (κ3) is 4.37. The Morgan fingerprint density at radius 2 is 1.81 bits per heavy atom. The van der Waals surface area contributed by atoms with Gasteiger partial charge in [0, 0.05) is 31.0 Å². The molecule has 1 aliphatic heterocycles. The third-order valence-corrected chi connectivity index (χ3v) is 4.93. The van der Waals surface area contributed by atoms with Crippen LogP contribution in [-0.4, -0.2) is 29.7 Å². The molecule has 3 rings (SSSR count). The van der Waals surface area contributed by atoms with E-state index >= 15 is 0 Å². The van der Waals surface area contributed by atoms with Gasteiger partial charge in [-0.25, -0.2) is 0 Å². The van der Waals surface area contributed by atoms with Crippen LogP contribution in [0.4, 0.5) is 0 Å². The normalized spacial score (nSPS) is 16.7. The van der Waals surface area contributed by atoms with Crippen LogP contribution in [-0.2, 0) is 11.2 Å². The molecule has 4 heteroatoms. The van der Waals surface area contributed by atoms with Crippen molar-refractivity contribution < 1.29 is 9.59 Å². The van der Waals surface area contributed by atoms with E-state index in [9.17, 15) is 9.59 Å². The first-order valence-electron chi connectivity index (χ1n) is 9.03. The molecule has 4 nitrogen and oxygen atoms in total. The summed E-state index contributed by atoms with van der Waals surface area (Å²) in [5.74, 6) is 0.107. The van der Waals surface area contributed by atoms with Gasteiger partial charge in [0.15, 0.2) is 0 Å². The molecule has 1 unspecified atom stereocenters. The first kappa shape index (κ1) is 17.9. The molecule has 132 valence electrons. The van der Waals surface area contributed by atoms with Gasteiger partial charge in [-0.1, -0.05) is 30.3 Å². The number of nitrogens with zero attached hydrogens (tertiary/aromatic N) is 2. The maximum atomic E-state index is 12.7. The fraction of sp³-hybridized carbons (Fsp3) is 0.318. The number of amides is 1. The average Bonchev–Trinajstić information content (AvgIpc) is 2.72. The highest BCUT2D eigenvalue weighted by molar-refractivity contribution is 5.95. The highest BCUT2D eigenvalue weighted by atomic mass is 16.2. The summed E-state index contributed by atoms with van der Waals surface area (Å²) in [4.78, 5) is 27.0. The summed E-state index contributed by atoms with van der Waals surface area (Å²) in [5, 5.41) is 8.86. The van der Waals surface area contributed by atoms with E-state index in [1.54, 1.807) is 29.2 Å². The summed E-state index contributed by atoms with van der Waals surface area (Å²) in [5.41, 5.74) is 2.28. The smallest absolute Gasteiger partial charge is 0.253 e. The molecule has 0 bridgehead atoms. The van der Waals surface area contributed by atoms with Crippen molar-refractivity contribution in [3.8, 4) is 6.07 Å². The second-order valence-corrected chi connectivity index (χ2v) is 6.73. The fourth-order valence-electron chi connectivity index (χ4n) is 3.41. The second-order valence-electron chi connectivity index (χ2n) is 6.73. The van der Waals surface area contributed by atoms with Crippen LogP contribution in [0.3, 0.4) is 0 Å². The lowest BCUT2D eigenvalue weighted by Gasteiger charge is -2.32. The molecule has 1 saturated heterocycles. The lowest BCUT2D eigenvalue weighted by molar-refractivity contribution is -0.124. The van der Waals surface area contributed by atoms with Gasteiger partial charge in [0.05, 0.1) is 11.6 Å². The van der Waals surface area contributed by atoms with Crippen molar-refractivity contribution in [2.45, 2.75) is 25.7 Å². The van der Waals surface area contributed by atoms with Gasteiger partial charge < -0.3 is 4.90 Å². The first-order valence-corrected chi connectivity index (χ1v) is 9.03. The van der Waals surface area contributed by atoms with Crippen molar-refractivity contribution in [3.63, 3.8) is 0 Å². The van der Waals surface area contributed by atoms with Gasteiger partial charge in [-0.2, -0.15) is 5.26 Å². The van der Waals surface area contributed by atoms with Crippen molar-refractivity contribution >= 4 is 11.7 Å². The maximum Gasteiger partial charge on any atom is 0.253 e. The molecule has 26 heavy (non-hydrogen) atoms. The second kappa shape index (κ2) is 8.44. The van der Waals surface area contributed by atoms with Crippen molar-refractivity contribution in [2.24, 2.45) is 5.92 Å². The number of piperidine rings is 1. The van der Waals surface area contributed by atoms with E-state index in [1.165, 1.54) is 5.56 Å². The molecule has 2 aromatic carbocycles. The molecule has 1 aliphatic rings. The monoisotopic (exact) mass is 346 g/mol. The summed E-state index contributed by atoms with van der Waals surface area (Å²) < 4.78 is 0. The summed E-state index contributed by atoms with van der Waals surface area (Å²) >= 11 is 0. The van der Waals surface area contributed by atoms with E-state index in [4.69, 9.17) is 5.26 Å². The van der Waals surface area contributed by atoms with Crippen LogP contribution >= 0.6 is 0 Å². The van der Waals surface area contributed by atoms with Crippen molar-refractivity contribution in [2.75, 3.05) is 13.1 Å². The number of hydrogen-bond acceptors (Lipinski definition) is 3. The number of benzene rings is 2. The van der Waals surface area contributed by atoms with Gasteiger partial charge in [0.2, 0.25) is 0 Å². The van der Waals surface area contributed by atoms with Crippen molar-refractivity contribution in [1.29, 1.82) is 5.26 Å². The Morgan fingerprint density at radius 3 is 2.50 bits per heavy atom. The molecule has 0 radical (unpaired) electrons. The summed E-state index contributed by atoms with van der Waals surface area (Å²) in [6, 6.07) is 18.7. The summed E-state index contributed by atoms with van der Waals surface area (Å²) in [6.07, 6.45) is 2.97. The van der Waals surface area contributed by atoms with Gasteiger partial charge >= 0.3 is 0 Å². The number of aryl methyl sites for hydroxylation is 1. The zero-order valence-electron chi connectivity index (χ0n) is 14.7. The van der Waals surface area contributed by atoms with Crippen LogP contribution < -0.4 is 0 Å². The molecule has 0 aliphatic carbocycles. The van der Waals surface area contributed by atoms with E-state index in [0.717, 1.165) is 19.3 Å². The van der Waals surface area contributed by atoms with Crippen molar-refractivity contribution in [1.82, 2.24) is 4.90 Å². The highest BCUT2D eigenvalue weighted by Gasteiger charge is 2.28. The number of rotatable bonds is 5. The molecular weight excluding hydrogens is 324 g/mol. The summed E-state index contributed by atoms with van der Waals surface area (Å²) in [7, 11) is 0. The number of nitriles is 1. The van der Waals surface area contributed by atoms with Crippen molar-refractivity contribution in [3.05, 3.63) is 71.3 Å². The Bertz CT molecular complexity index is 806. The number of likely N-dealkylation sites (tertiary alicyclic amines) is 1. The van der Waals surface area contributed by atoms with Gasteiger partial charge in [-0.3, -0.25) is 9.59 Å². The molecule has 0 spiro atoms. The number of carbonyl (C=O) groups excluding carboxylic acids is 2. The van der Waals surface area contributed by atoms with E-state index in [-0.39, 0.29) is 17.6 Å². The minimum Gasteiger partial charge on any atom is -0.338 e. The molecule has 1 amide bonds. The summed E-state index contributed by atoms with van der Waals surface area (Å²) in [6.45, 7) is 1.17. The highest BCUT2D eigenvalue weighted by Crippen LogP contribution is 2.21. The number of carbonyl (C=O) groups is 2. The van der Waals surface area contributed by atoms with Gasteiger partial charge in [0.1, 0.15) is 5.78 Å². The molecule has 1 heterocycles. The van der Waals surface area contributed by atoms with Crippen LogP contribution in [0.2, 0.25) is 0 Å². The van der Waals surface area contributed by atoms with Crippen LogP contribution in [0.1, 0.15) is 40.7 Å². The number of Topliss-reactive ketones (excluding diaryl/α,β-unsaturated/α-hetero) is 1. The third-order valence-electron chi connectivity index (χ3n) is 4.93. The van der Waals surface area contributed by atoms with Gasteiger partial charge in [0.25, 0.3) is 5.91 Å². The van der Waals surface area contributed by atoms with E-state index in [1.807, 2.05) is 30.3 Å². The van der Waals surface area contributed by atoms with Crippen LogP contribution in [0, 0.1) is 17.2 Å². The molecule has 0 N–H and O–H groups in total. The molecule has 2 aromatic rings. The lowest BCUT2D eigenvalue weighted by Crippen LogP contribution is -2.42. The first-order chi connectivity index (χ1) is 12.7. The molecule has 0 saturated carbocycles. The largest absolute Gasteiger partial charge is 0.338 e. The topological polar surface area (TPSA) is 61.2 Å². The van der Waals surface area contributed by atoms with E-state index < -0.39 is 0 Å². The molecule has 1 atom stereocenters. The van der Waals surface area contributed by atoms with Crippen LogP contribution in [0.5, 0.6) is 0 Å². The average molecular weight is 346 g/mol. The Hall–Kier alpha value is -2.93. The quantitative estimate of drug-likeness (QED) is 0.831. The maximum absolute atomic E-state index is 12.7. The Labute approximate surface area is 154 Å². The minimum atomic E-state index is -0.0743. The van der Waals surface area contributed by atoms with Crippen LogP contribution in [0.15, 0.2) is 54.6 Å². The van der Waals surface area contributed by atoms with Crippen LogP contribution in [0.25, 0.3) is 0 Å². The van der Waals surface area contributed by atoms with E-state index in [0.29, 0.717) is 30.6 Å². The zero-order valence-corrected chi connectivity index (χ0v) is 14.7. The standard InChI is InChI=1S/C22H22N2O2/c23-15-18-8-11-19(12-9-18)22(26)24-14-4-7-20(16-24)21(25)13-10-17-5-2-1-3-6-17/h1-3,5-6,8-9,11-12,20H,4,7,10,13-14,16H2. The molecule has 1 fully saturated rings. The lowest BCUT2D eigenvalue weighted by atomic mass is 9.90. The predicted molar refractivity (Wildman–Crippen MR) is 99.6 cm³/mol. The predicted octanol–water partition coefficient (Wildman–Crippen LogP) is 3.61. The van der Waals surface area contributed by atoms with Gasteiger partial charge in [-0.15, -0.1) is 0 Å².